The largest absolute Gasteiger partial charge is 0.412 e. The van der Waals surface area contributed by atoms with Crippen LogP contribution in [0.1, 0.15) is 0 Å². The zero-order chi connectivity index (χ0) is 22.9. The van der Waals surface area contributed by atoms with E-state index in [1.807, 2.05) is 0 Å². The molecule has 0 fully saturated rings. The van der Waals surface area contributed by atoms with Crippen molar-refractivity contribution in [3.63, 3.8) is 0 Å². The van der Waals surface area contributed by atoms with Gasteiger partial charge in [0.1, 0.15) is 17.1 Å². The molecule has 0 saturated carbocycles. The van der Waals surface area contributed by atoms with Crippen LogP contribution in [0.3, 0.4) is 0 Å². The first-order valence-electron chi connectivity index (χ1n) is 8.95. The molecule has 0 aliphatic rings. The number of hydrogen-bond donors (Lipinski definition) is 2. The molecule has 11 nitrogen and oxygen atoms in total. The van der Waals surface area contributed by atoms with Gasteiger partial charge in [0, 0.05) is 76.4 Å². The molecular formula is C20H16N4Na2O7S2. The number of rotatable bonds is 5. The molecule has 0 amide bonds. The van der Waals surface area contributed by atoms with Crippen molar-refractivity contribution in [1.82, 2.24) is 20.2 Å². The summed E-state index contributed by atoms with van der Waals surface area (Å²) in [5.41, 5.74) is 1.99. The Kier molecular flexibility index (Phi) is 11.3. The molecule has 2 aromatic carbocycles. The smallest absolute Gasteiger partial charge is 0.294 e. The van der Waals surface area contributed by atoms with E-state index in [4.69, 9.17) is 0 Å². The molecular weight excluding hydrogens is 518 g/mol. The summed E-state index contributed by atoms with van der Waals surface area (Å²) in [5.74, 6) is 0.220. The molecule has 0 unspecified atom stereocenters. The molecule has 172 valence electrons. The van der Waals surface area contributed by atoms with Crippen LogP contribution in [0.25, 0.3) is 34.0 Å². The summed E-state index contributed by atoms with van der Waals surface area (Å²) in [6, 6.07) is 15.8. The van der Waals surface area contributed by atoms with E-state index in [1.54, 1.807) is 24.4 Å². The van der Waals surface area contributed by atoms with Gasteiger partial charge in [0.05, 0.1) is 9.79 Å². The van der Waals surface area contributed by atoms with Gasteiger partial charge in [0.15, 0.2) is 0 Å². The minimum atomic E-state index is -4.37. The molecule has 2 aromatic heterocycles. The molecule has 4 N–H and O–H groups in total. The Bertz CT molecular complexity index is 1500. The predicted octanol–water partition coefficient (Wildman–Crippen LogP) is 1.17. The normalized spacial score (nSPS) is 10.9. The zero-order valence-electron chi connectivity index (χ0n) is 18.6. The minimum Gasteiger partial charge on any atom is -0.412 e. The van der Waals surface area contributed by atoms with Crippen LogP contribution in [0.15, 0.2) is 82.7 Å². The van der Waals surface area contributed by atoms with Gasteiger partial charge in [0.25, 0.3) is 20.2 Å². The second kappa shape index (κ2) is 12.6. The van der Waals surface area contributed by atoms with Gasteiger partial charge in [0.2, 0.25) is 5.82 Å². The summed E-state index contributed by atoms with van der Waals surface area (Å²) in [7, 11) is -8.74. The van der Waals surface area contributed by atoms with Gasteiger partial charge in [-0.25, -0.2) is 4.98 Å². The summed E-state index contributed by atoms with van der Waals surface area (Å²) < 4.78 is 63.8. The van der Waals surface area contributed by atoms with Gasteiger partial charge in [-0.2, -0.15) is 16.8 Å². The second-order valence-corrected chi connectivity index (χ2v) is 9.39. The SMILES string of the molecule is O.O=S(=O)(O)c1ccc(-c2nnc(-c3ccccn3)nc2-c2ccc(S(=O)(=O)O)cc2)cc1.[Na].[Na]. The number of pyridine rings is 1. The van der Waals surface area contributed by atoms with Gasteiger partial charge >= 0.3 is 0 Å². The maximum Gasteiger partial charge on any atom is 0.294 e. The van der Waals surface area contributed by atoms with Crippen molar-refractivity contribution < 1.29 is 31.4 Å². The molecule has 0 spiro atoms. The fourth-order valence-electron chi connectivity index (χ4n) is 2.89. The molecule has 15 heteroatoms. The van der Waals surface area contributed by atoms with Gasteiger partial charge in [-0.15, -0.1) is 10.2 Å². The van der Waals surface area contributed by atoms with E-state index in [9.17, 15) is 25.9 Å². The van der Waals surface area contributed by atoms with E-state index < -0.39 is 20.2 Å². The van der Waals surface area contributed by atoms with Gasteiger partial charge in [-0.05, 0) is 36.4 Å². The van der Waals surface area contributed by atoms with E-state index in [0.29, 0.717) is 22.5 Å². The Labute approximate surface area is 245 Å². The van der Waals surface area contributed by atoms with Crippen molar-refractivity contribution in [3.05, 3.63) is 72.9 Å². The van der Waals surface area contributed by atoms with Gasteiger partial charge < -0.3 is 5.48 Å². The Morgan fingerprint density at radius 3 is 1.54 bits per heavy atom. The van der Waals surface area contributed by atoms with Crippen molar-refractivity contribution in [3.8, 4) is 34.0 Å². The predicted molar refractivity (Wildman–Crippen MR) is 129 cm³/mol. The van der Waals surface area contributed by atoms with E-state index in [-0.39, 0.29) is 85.9 Å². The molecule has 0 aliphatic heterocycles. The number of aromatic nitrogens is 4. The molecule has 2 heterocycles. The quantitative estimate of drug-likeness (QED) is 0.277. The fourth-order valence-corrected chi connectivity index (χ4v) is 3.85. The average molecular weight is 534 g/mol. The van der Waals surface area contributed by atoms with Crippen LogP contribution in [0, 0.1) is 0 Å². The van der Waals surface area contributed by atoms with Crippen molar-refractivity contribution in [1.29, 1.82) is 0 Å². The third-order valence-electron chi connectivity index (χ3n) is 4.43. The Morgan fingerprint density at radius 1 is 0.629 bits per heavy atom. The summed E-state index contributed by atoms with van der Waals surface area (Å²) in [5, 5.41) is 8.34. The zero-order valence-corrected chi connectivity index (χ0v) is 24.2. The monoisotopic (exact) mass is 534 g/mol. The summed E-state index contributed by atoms with van der Waals surface area (Å²) >= 11 is 0. The minimum absolute atomic E-state index is 0. The van der Waals surface area contributed by atoms with Crippen LogP contribution in [0.4, 0.5) is 0 Å². The Balaban J connectivity index is 0.00000204. The van der Waals surface area contributed by atoms with Crippen molar-refractivity contribution >= 4 is 79.4 Å². The second-order valence-electron chi connectivity index (χ2n) is 6.55. The Hall–Kier alpha value is -1.62. The number of hydrogen-bond acceptors (Lipinski definition) is 8. The van der Waals surface area contributed by atoms with E-state index in [2.05, 4.69) is 20.2 Å². The molecule has 4 rings (SSSR count). The topological polar surface area (TPSA) is 192 Å². The maximum absolute atomic E-state index is 11.4. The molecule has 0 bridgehead atoms. The van der Waals surface area contributed by atoms with Crippen LogP contribution >= 0.6 is 0 Å². The maximum atomic E-state index is 11.4. The van der Waals surface area contributed by atoms with Crippen LogP contribution in [-0.4, -0.2) is 111 Å². The third kappa shape index (κ3) is 7.44. The van der Waals surface area contributed by atoms with Crippen molar-refractivity contribution in [2.24, 2.45) is 0 Å². The van der Waals surface area contributed by atoms with Crippen LogP contribution in [0.5, 0.6) is 0 Å². The Morgan fingerprint density at radius 2 is 1.11 bits per heavy atom. The van der Waals surface area contributed by atoms with E-state index >= 15 is 0 Å². The van der Waals surface area contributed by atoms with E-state index in [0.717, 1.165) is 0 Å². The van der Waals surface area contributed by atoms with Gasteiger partial charge in [-0.3, -0.25) is 14.1 Å². The van der Waals surface area contributed by atoms with Gasteiger partial charge in [-0.1, -0.05) is 30.3 Å². The van der Waals surface area contributed by atoms with Crippen LogP contribution < -0.4 is 0 Å². The first-order valence-corrected chi connectivity index (χ1v) is 11.8. The van der Waals surface area contributed by atoms with Crippen molar-refractivity contribution in [2.45, 2.75) is 9.79 Å². The molecule has 0 saturated heterocycles. The average Bonchev–Trinajstić information content (AvgIpc) is 2.78. The number of nitrogens with zero attached hydrogens (tertiary/aromatic N) is 4. The first kappa shape index (κ1) is 31.4. The third-order valence-corrected chi connectivity index (χ3v) is 6.17. The molecule has 2 radical (unpaired) electrons. The summed E-state index contributed by atoms with van der Waals surface area (Å²) in [6.07, 6.45) is 1.57. The number of benzene rings is 2. The molecule has 0 atom stereocenters. The standard InChI is InChI=1S/C20H14N4O6S2.2Na.H2O/c25-31(26,27)15-8-4-13(5-9-15)18-19(14-6-10-16(11-7-14)32(28,29)30)23-24-20(22-18)17-3-1-2-12-21-17;;;/h1-12H,(H,25,26,27)(H,28,29,30);;;1H2. The van der Waals surface area contributed by atoms with Crippen LogP contribution in [-0.2, 0) is 20.2 Å². The molecule has 35 heavy (non-hydrogen) atoms. The fraction of sp³-hybridized carbons (Fsp3) is 0. The summed E-state index contributed by atoms with van der Waals surface area (Å²) in [4.78, 5) is 8.17. The molecule has 4 aromatic rings. The van der Waals surface area contributed by atoms with Crippen LogP contribution in [0.2, 0.25) is 0 Å². The first-order chi connectivity index (χ1) is 15.1. The molecule has 0 aliphatic carbocycles. The summed E-state index contributed by atoms with van der Waals surface area (Å²) in [6.45, 7) is 0. The van der Waals surface area contributed by atoms with Crippen molar-refractivity contribution in [2.75, 3.05) is 0 Å². The van der Waals surface area contributed by atoms with E-state index in [1.165, 1.54) is 48.5 Å².